The lowest BCUT2D eigenvalue weighted by Gasteiger charge is -2.16. The second-order valence-electron chi connectivity index (χ2n) is 5.77. The lowest BCUT2D eigenvalue weighted by molar-refractivity contribution is 0.348. The molecular weight excluding hydrogens is 232 g/mol. The van der Waals surface area contributed by atoms with Crippen LogP contribution in [0.4, 0.5) is 5.69 Å². The van der Waals surface area contributed by atoms with E-state index < -0.39 is 0 Å². The van der Waals surface area contributed by atoms with Crippen LogP contribution in [0, 0.1) is 5.92 Å². The first kappa shape index (κ1) is 15.8. The SMILES string of the molecule is C/C(=C\CN(C)CCCC(C)C)c1ccccc1N. The van der Waals surface area contributed by atoms with E-state index in [4.69, 9.17) is 5.73 Å². The molecule has 0 aliphatic rings. The first-order valence-corrected chi connectivity index (χ1v) is 7.21. The zero-order chi connectivity index (χ0) is 14.3. The standard InChI is InChI=1S/C17H28N2/c1-14(2)8-7-12-19(4)13-11-15(3)16-9-5-6-10-17(16)18/h5-6,9-11,14H,7-8,12-13,18H2,1-4H3/b15-11+. The third kappa shape index (κ3) is 5.93. The van der Waals surface area contributed by atoms with Crippen molar-refractivity contribution in [3.8, 4) is 0 Å². The van der Waals surface area contributed by atoms with E-state index in [0.29, 0.717) is 0 Å². The van der Waals surface area contributed by atoms with Crippen LogP contribution >= 0.6 is 0 Å². The summed E-state index contributed by atoms with van der Waals surface area (Å²) in [6.45, 7) is 8.84. The van der Waals surface area contributed by atoms with Crippen LogP contribution in [-0.2, 0) is 0 Å². The van der Waals surface area contributed by atoms with Crippen molar-refractivity contribution in [2.45, 2.75) is 33.6 Å². The molecular formula is C17H28N2. The van der Waals surface area contributed by atoms with Gasteiger partial charge < -0.3 is 10.6 Å². The van der Waals surface area contributed by atoms with Crippen LogP contribution in [0.5, 0.6) is 0 Å². The average molecular weight is 260 g/mol. The summed E-state index contributed by atoms with van der Waals surface area (Å²) in [5.41, 5.74) is 9.26. The van der Waals surface area contributed by atoms with E-state index in [1.54, 1.807) is 0 Å². The summed E-state index contributed by atoms with van der Waals surface area (Å²) in [7, 11) is 2.18. The Kier molecular flexibility index (Phi) is 6.65. The van der Waals surface area contributed by atoms with E-state index in [1.165, 1.54) is 18.4 Å². The molecule has 106 valence electrons. The summed E-state index contributed by atoms with van der Waals surface area (Å²) in [4.78, 5) is 2.37. The number of allylic oxidation sites excluding steroid dienone is 1. The predicted molar refractivity (Wildman–Crippen MR) is 86.1 cm³/mol. The predicted octanol–water partition coefficient (Wildman–Crippen LogP) is 4.04. The molecule has 0 radical (unpaired) electrons. The van der Waals surface area contributed by atoms with Gasteiger partial charge in [0.1, 0.15) is 0 Å². The van der Waals surface area contributed by atoms with Gasteiger partial charge in [-0.05, 0) is 50.9 Å². The van der Waals surface area contributed by atoms with Gasteiger partial charge in [0.15, 0.2) is 0 Å². The largest absolute Gasteiger partial charge is 0.398 e. The Morgan fingerprint density at radius 3 is 2.63 bits per heavy atom. The number of hydrogen-bond acceptors (Lipinski definition) is 2. The highest BCUT2D eigenvalue weighted by molar-refractivity contribution is 5.73. The Morgan fingerprint density at radius 2 is 2.00 bits per heavy atom. The molecule has 1 aromatic carbocycles. The van der Waals surface area contributed by atoms with E-state index in [9.17, 15) is 0 Å². The highest BCUT2D eigenvalue weighted by Gasteiger charge is 2.02. The molecule has 0 unspecified atom stereocenters. The van der Waals surface area contributed by atoms with Crippen LogP contribution in [-0.4, -0.2) is 25.0 Å². The van der Waals surface area contributed by atoms with E-state index in [0.717, 1.165) is 30.3 Å². The Bertz CT molecular complexity index is 407. The van der Waals surface area contributed by atoms with Gasteiger partial charge in [-0.15, -0.1) is 0 Å². The Morgan fingerprint density at radius 1 is 1.32 bits per heavy atom. The minimum Gasteiger partial charge on any atom is -0.398 e. The molecule has 0 heterocycles. The molecule has 2 N–H and O–H groups in total. The molecule has 2 heteroatoms. The molecule has 0 fully saturated rings. The maximum atomic E-state index is 5.99. The number of nitrogens with two attached hydrogens (primary N) is 1. The zero-order valence-corrected chi connectivity index (χ0v) is 12.8. The maximum Gasteiger partial charge on any atom is 0.0390 e. The number of nitrogen functional groups attached to an aromatic ring is 1. The highest BCUT2D eigenvalue weighted by atomic mass is 15.1. The minimum atomic E-state index is 0.801. The highest BCUT2D eigenvalue weighted by Crippen LogP contribution is 2.20. The lowest BCUT2D eigenvalue weighted by Crippen LogP contribution is -2.20. The zero-order valence-electron chi connectivity index (χ0n) is 12.8. The van der Waals surface area contributed by atoms with Crippen molar-refractivity contribution < 1.29 is 0 Å². The van der Waals surface area contributed by atoms with E-state index >= 15 is 0 Å². The van der Waals surface area contributed by atoms with Gasteiger partial charge in [0.05, 0.1) is 0 Å². The normalized spacial score (nSPS) is 12.4. The van der Waals surface area contributed by atoms with Crippen molar-refractivity contribution >= 4 is 11.3 Å². The average Bonchev–Trinajstić information content (AvgIpc) is 2.36. The van der Waals surface area contributed by atoms with Gasteiger partial charge in [0.25, 0.3) is 0 Å². The van der Waals surface area contributed by atoms with Crippen molar-refractivity contribution in [3.05, 3.63) is 35.9 Å². The van der Waals surface area contributed by atoms with Crippen molar-refractivity contribution in [2.75, 3.05) is 25.9 Å². The van der Waals surface area contributed by atoms with Crippen LogP contribution in [0.2, 0.25) is 0 Å². The summed E-state index contributed by atoms with van der Waals surface area (Å²) in [5.74, 6) is 0.801. The van der Waals surface area contributed by atoms with Gasteiger partial charge in [-0.1, -0.05) is 38.1 Å². The smallest absolute Gasteiger partial charge is 0.0390 e. The second kappa shape index (κ2) is 8.00. The summed E-state index contributed by atoms with van der Waals surface area (Å²) in [6.07, 6.45) is 4.84. The molecule has 0 aliphatic heterocycles. The van der Waals surface area contributed by atoms with Gasteiger partial charge >= 0.3 is 0 Å². The number of hydrogen-bond donors (Lipinski definition) is 1. The number of rotatable bonds is 7. The Balaban J connectivity index is 2.45. The summed E-state index contributed by atoms with van der Waals surface area (Å²) in [6, 6.07) is 8.05. The molecule has 0 aromatic heterocycles. The van der Waals surface area contributed by atoms with Crippen molar-refractivity contribution in [1.29, 1.82) is 0 Å². The topological polar surface area (TPSA) is 29.3 Å². The number of nitrogens with zero attached hydrogens (tertiary/aromatic N) is 1. The molecule has 0 aliphatic carbocycles. The van der Waals surface area contributed by atoms with Crippen molar-refractivity contribution in [1.82, 2.24) is 4.90 Å². The number of likely N-dealkylation sites (N-methyl/N-ethyl adjacent to an activating group) is 1. The van der Waals surface area contributed by atoms with E-state index in [-0.39, 0.29) is 0 Å². The van der Waals surface area contributed by atoms with Gasteiger partial charge in [-0.2, -0.15) is 0 Å². The van der Waals surface area contributed by atoms with Crippen LogP contribution in [0.25, 0.3) is 5.57 Å². The van der Waals surface area contributed by atoms with Gasteiger partial charge in [0.2, 0.25) is 0 Å². The molecule has 0 saturated carbocycles. The van der Waals surface area contributed by atoms with Crippen LogP contribution in [0.15, 0.2) is 30.3 Å². The fourth-order valence-corrected chi connectivity index (χ4v) is 2.12. The number of para-hydroxylation sites is 1. The molecule has 0 amide bonds. The lowest BCUT2D eigenvalue weighted by atomic mass is 10.1. The molecule has 1 aromatic rings. The molecule has 19 heavy (non-hydrogen) atoms. The molecule has 0 atom stereocenters. The quantitative estimate of drug-likeness (QED) is 0.750. The molecule has 2 nitrogen and oxygen atoms in total. The van der Waals surface area contributed by atoms with E-state index in [1.807, 2.05) is 18.2 Å². The number of benzene rings is 1. The summed E-state index contributed by atoms with van der Waals surface area (Å²) < 4.78 is 0. The van der Waals surface area contributed by atoms with Crippen molar-refractivity contribution in [3.63, 3.8) is 0 Å². The maximum absolute atomic E-state index is 5.99. The fourth-order valence-electron chi connectivity index (χ4n) is 2.12. The summed E-state index contributed by atoms with van der Waals surface area (Å²) >= 11 is 0. The first-order chi connectivity index (χ1) is 9.00. The molecule has 0 spiro atoms. The third-order valence-electron chi connectivity index (χ3n) is 3.42. The second-order valence-corrected chi connectivity index (χ2v) is 5.77. The Labute approximate surface area is 118 Å². The number of anilines is 1. The molecule has 1 rings (SSSR count). The van der Waals surface area contributed by atoms with Crippen LogP contribution in [0.3, 0.4) is 0 Å². The van der Waals surface area contributed by atoms with Crippen molar-refractivity contribution in [2.24, 2.45) is 5.92 Å². The van der Waals surface area contributed by atoms with Crippen LogP contribution in [0.1, 0.15) is 39.2 Å². The molecule has 0 bridgehead atoms. The fraction of sp³-hybridized carbons (Fsp3) is 0.529. The van der Waals surface area contributed by atoms with Gasteiger partial charge in [0, 0.05) is 17.8 Å². The summed E-state index contributed by atoms with van der Waals surface area (Å²) in [5, 5.41) is 0. The third-order valence-corrected chi connectivity index (χ3v) is 3.42. The van der Waals surface area contributed by atoms with Crippen LogP contribution < -0.4 is 5.73 Å². The monoisotopic (exact) mass is 260 g/mol. The van der Waals surface area contributed by atoms with Gasteiger partial charge in [-0.25, -0.2) is 0 Å². The molecule has 0 saturated heterocycles. The van der Waals surface area contributed by atoms with E-state index in [2.05, 4.69) is 44.9 Å². The first-order valence-electron chi connectivity index (χ1n) is 7.21. The Hall–Kier alpha value is -1.28. The van der Waals surface area contributed by atoms with Gasteiger partial charge in [-0.3, -0.25) is 0 Å². The minimum absolute atomic E-state index is 0.801.